The molecular weight excluding hydrogens is 414 g/mol. The summed E-state index contributed by atoms with van der Waals surface area (Å²) >= 11 is 6.56. The van der Waals surface area contributed by atoms with Crippen LogP contribution in [0, 0.1) is 0 Å². The first-order chi connectivity index (χ1) is 14.3. The number of allylic oxidation sites excluding steroid dienone is 1. The average molecular weight is 440 g/mol. The van der Waals surface area contributed by atoms with Gasteiger partial charge in [0.25, 0.3) is 0 Å². The molecule has 0 amide bonds. The van der Waals surface area contributed by atoms with Crippen molar-refractivity contribution in [3.05, 3.63) is 89.5 Å². The van der Waals surface area contributed by atoms with Gasteiger partial charge in [-0.05, 0) is 36.5 Å². The Labute approximate surface area is 182 Å². The highest BCUT2D eigenvalue weighted by molar-refractivity contribution is 8.26. The lowest BCUT2D eigenvalue weighted by atomic mass is 10.1. The zero-order valence-corrected chi connectivity index (χ0v) is 18.3. The van der Waals surface area contributed by atoms with Gasteiger partial charge < -0.3 is 17.2 Å². The summed E-state index contributed by atoms with van der Waals surface area (Å²) in [5.74, 6) is 8.98. The normalized spacial score (nSPS) is 13.4. The Kier molecular flexibility index (Phi) is 6.41. The molecule has 7 heteroatoms. The van der Waals surface area contributed by atoms with Crippen molar-refractivity contribution in [2.24, 2.45) is 22.2 Å². The fourth-order valence-corrected chi connectivity index (χ4v) is 5.69. The van der Waals surface area contributed by atoms with Crippen molar-refractivity contribution in [1.82, 2.24) is 3.97 Å². The lowest BCUT2D eigenvalue weighted by Crippen LogP contribution is -2.07. The molecule has 1 aromatic heterocycles. The highest BCUT2D eigenvalue weighted by Crippen LogP contribution is 2.40. The monoisotopic (exact) mass is 439 g/mol. The van der Waals surface area contributed by atoms with Crippen LogP contribution in [-0.2, 0) is 6.54 Å². The van der Waals surface area contributed by atoms with E-state index in [9.17, 15) is 0 Å². The van der Waals surface area contributed by atoms with Crippen molar-refractivity contribution in [3.8, 4) is 0 Å². The molecule has 156 valence electrons. The van der Waals surface area contributed by atoms with E-state index in [4.69, 9.17) is 23.1 Å². The van der Waals surface area contributed by atoms with Crippen molar-refractivity contribution < 1.29 is 0 Å². The van der Waals surface area contributed by atoms with Crippen LogP contribution >= 0.6 is 21.0 Å². The van der Waals surface area contributed by atoms with Gasteiger partial charge in [0.1, 0.15) is 0 Å². The van der Waals surface area contributed by atoms with Crippen LogP contribution in [0.25, 0.3) is 10.9 Å². The summed E-state index contributed by atoms with van der Waals surface area (Å²) in [5.41, 5.74) is 21.0. The van der Waals surface area contributed by atoms with E-state index >= 15 is 0 Å². The lowest BCUT2D eigenvalue weighted by Gasteiger charge is -2.22. The molecule has 30 heavy (non-hydrogen) atoms. The first kappa shape index (κ1) is 21.8. The van der Waals surface area contributed by atoms with Crippen LogP contribution in [0.5, 0.6) is 0 Å². The Morgan fingerprint density at radius 1 is 1.17 bits per heavy atom. The number of aliphatic imine (C=N–C) groups is 1. The molecule has 3 aromatic rings. The maximum absolute atomic E-state index is 6.56. The summed E-state index contributed by atoms with van der Waals surface area (Å²) in [4.78, 5) is 5.50. The molecule has 0 fully saturated rings. The Morgan fingerprint density at radius 3 is 2.40 bits per heavy atom. The van der Waals surface area contributed by atoms with Crippen molar-refractivity contribution >= 4 is 49.3 Å². The number of fused-ring (bicyclic) bond motifs is 1. The van der Waals surface area contributed by atoms with Crippen LogP contribution in [0.4, 0.5) is 0 Å². The number of aromatic nitrogens is 1. The molecule has 1 aliphatic rings. The van der Waals surface area contributed by atoms with Gasteiger partial charge in [-0.2, -0.15) is 0 Å². The summed E-state index contributed by atoms with van der Waals surface area (Å²) in [6.45, 7) is 3.53. The molecule has 2 heterocycles. The smallest absolute Gasteiger partial charge is 0.0595 e. The maximum atomic E-state index is 6.56. The Hall–Kier alpha value is -2.93. The van der Waals surface area contributed by atoms with Gasteiger partial charge in [0.05, 0.1) is 16.3 Å². The third-order valence-electron chi connectivity index (χ3n) is 4.73. The van der Waals surface area contributed by atoms with Crippen molar-refractivity contribution in [2.75, 3.05) is 0 Å². The molecule has 0 saturated carbocycles. The molecule has 6 N–H and O–H groups in total. The second-order valence-electron chi connectivity index (χ2n) is 6.87. The molecular formula is C23H26ClN5S. The number of rotatable bonds is 4. The lowest BCUT2D eigenvalue weighted by molar-refractivity contribution is 0.991. The second kappa shape index (κ2) is 8.83. The van der Waals surface area contributed by atoms with Gasteiger partial charge in [-0.1, -0.05) is 48.1 Å². The molecule has 0 saturated heterocycles. The van der Waals surface area contributed by atoms with Crippen LogP contribution in [-0.4, -0.2) is 21.4 Å². The van der Waals surface area contributed by atoms with Gasteiger partial charge in [-0.3, -0.25) is 8.96 Å². The highest BCUT2D eigenvalue weighted by Gasteiger charge is 2.19. The molecule has 4 rings (SSSR count). The minimum absolute atomic E-state index is 0.393. The van der Waals surface area contributed by atoms with Crippen LogP contribution in [0.3, 0.4) is 0 Å². The largest absolute Gasteiger partial charge is 0.405 e. The fourth-order valence-electron chi connectivity index (χ4n) is 3.43. The van der Waals surface area contributed by atoms with Crippen molar-refractivity contribution in [1.29, 1.82) is 0 Å². The predicted molar refractivity (Wildman–Crippen MR) is 135 cm³/mol. The van der Waals surface area contributed by atoms with Crippen LogP contribution in [0.2, 0.25) is 5.02 Å². The molecule has 0 aliphatic carbocycles. The van der Waals surface area contributed by atoms with Gasteiger partial charge in [0.15, 0.2) is 0 Å². The summed E-state index contributed by atoms with van der Waals surface area (Å²) < 4.78 is 2.17. The Morgan fingerprint density at radius 2 is 1.83 bits per heavy atom. The zero-order valence-electron chi connectivity index (χ0n) is 16.7. The van der Waals surface area contributed by atoms with E-state index in [2.05, 4.69) is 57.3 Å². The summed E-state index contributed by atoms with van der Waals surface area (Å²) in [6.07, 6.45) is 3.53. The number of halogens is 1. The van der Waals surface area contributed by atoms with Gasteiger partial charge in [-0.25, -0.2) is 0 Å². The van der Waals surface area contributed by atoms with Gasteiger partial charge in [-0.15, -0.1) is 9.39 Å². The van der Waals surface area contributed by atoms with Crippen molar-refractivity contribution in [3.63, 3.8) is 0 Å². The highest BCUT2D eigenvalue weighted by atomic mass is 35.5. The quantitative estimate of drug-likeness (QED) is 0.528. The van der Waals surface area contributed by atoms with Crippen LogP contribution < -0.4 is 17.2 Å². The second-order valence-corrected chi connectivity index (χ2v) is 9.80. The number of benzene rings is 2. The number of hydrogen-bond acceptors (Lipinski definition) is 4. The van der Waals surface area contributed by atoms with Gasteiger partial charge in [0.2, 0.25) is 0 Å². The molecule has 0 spiro atoms. The van der Waals surface area contributed by atoms with Gasteiger partial charge in [0, 0.05) is 46.4 Å². The molecule has 1 aliphatic heterocycles. The summed E-state index contributed by atoms with van der Waals surface area (Å²) in [5, 5.41) is 1.67. The Balaban J connectivity index is 0.000000806. The van der Waals surface area contributed by atoms with E-state index in [1.807, 2.05) is 24.3 Å². The summed E-state index contributed by atoms with van der Waals surface area (Å²) in [7, 11) is -1.81. The number of hydrogen-bond donors (Lipinski definition) is 3. The van der Waals surface area contributed by atoms with E-state index in [-0.39, 0.29) is 0 Å². The third-order valence-corrected chi connectivity index (χ3v) is 7.32. The molecule has 5 nitrogen and oxygen atoms in total. The van der Waals surface area contributed by atoms with Gasteiger partial charge >= 0.3 is 0 Å². The predicted octanol–water partition coefficient (Wildman–Crippen LogP) is 4.33. The SMILES string of the molecule is C=CN.C=S(=C)(c1ccccc1)n1c(CN)cc2cc(Cl)c(C3=NC=C(N)C3)cc21. The van der Waals surface area contributed by atoms with E-state index in [0.29, 0.717) is 18.0 Å². The van der Waals surface area contributed by atoms with Crippen LogP contribution in [0.15, 0.2) is 83.1 Å². The molecule has 0 unspecified atom stereocenters. The van der Waals surface area contributed by atoms with E-state index in [0.717, 1.165) is 38.5 Å². The fraction of sp³-hybridized carbons (Fsp3) is 0.0870. The first-order valence-corrected chi connectivity index (χ1v) is 11.6. The van der Waals surface area contributed by atoms with Crippen LogP contribution in [0.1, 0.15) is 17.7 Å². The molecule has 0 bridgehead atoms. The number of nitrogens with two attached hydrogens (primary N) is 3. The van der Waals surface area contributed by atoms with Crippen molar-refractivity contribution in [2.45, 2.75) is 17.9 Å². The van der Waals surface area contributed by atoms with E-state index in [1.54, 1.807) is 6.20 Å². The maximum Gasteiger partial charge on any atom is 0.0595 e. The topological polar surface area (TPSA) is 95.3 Å². The Bertz CT molecular complexity index is 1250. The first-order valence-electron chi connectivity index (χ1n) is 9.26. The average Bonchev–Trinajstić information content (AvgIpc) is 3.31. The molecule has 2 aromatic carbocycles. The zero-order chi connectivity index (χ0) is 21.9. The summed E-state index contributed by atoms with van der Waals surface area (Å²) in [6, 6.07) is 16.2. The minimum atomic E-state index is -1.81. The molecule has 0 radical (unpaired) electrons. The molecule has 0 atom stereocenters. The van der Waals surface area contributed by atoms with E-state index in [1.165, 1.54) is 6.20 Å². The third kappa shape index (κ3) is 4.03. The minimum Gasteiger partial charge on any atom is -0.405 e. The standard InChI is InChI=1S/C21H21ClN4S.C2H5N/c1-27(2,17-6-4-3-5-7-17)26-16(12-23)8-14-9-19(22)18(11-21(14)26)20-10-15(24)13-25-20;1-2-3/h3-9,11,13H,1-2,10,12,23-24H2;2H,1,3H2. The van der Waals surface area contributed by atoms with E-state index < -0.39 is 9.39 Å². The number of nitrogens with zero attached hydrogens (tertiary/aromatic N) is 2.